The van der Waals surface area contributed by atoms with E-state index in [1.54, 1.807) is 19.2 Å². The Hall–Kier alpha value is -3.52. The van der Waals surface area contributed by atoms with Gasteiger partial charge < -0.3 is 9.15 Å². The molecule has 32 heavy (non-hydrogen) atoms. The Morgan fingerprint density at radius 3 is 2.62 bits per heavy atom. The van der Waals surface area contributed by atoms with Gasteiger partial charge in [-0.2, -0.15) is 0 Å². The normalized spacial score (nSPS) is 15.4. The van der Waals surface area contributed by atoms with Crippen molar-refractivity contribution >= 4 is 33.3 Å². The molecule has 1 aliphatic rings. The molecule has 1 unspecified atom stereocenters. The third-order valence-corrected chi connectivity index (χ3v) is 6.57. The summed E-state index contributed by atoms with van der Waals surface area (Å²) in [5, 5.41) is 10.3. The zero-order valence-corrected chi connectivity index (χ0v) is 18.7. The first-order valence-corrected chi connectivity index (χ1v) is 11.2. The van der Waals surface area contributed by atoms with Crippen LogP contribution in [-0.2, 0) is 6.42 Å². The maximum atomic E-state index is 13.6. The standard InChI is InChI=1S/C24H21N3O4S/c1-4-5-18-25-26-24(32-18)27-20(14-7-9-15(30-3)10-8-14)19-21(28)16-12-13(2)6-11-17(16)31-22(19)23(27)29/h6-12,20H,4-5H2,1-3H3. The lowest BCUT2D eigenvalue weighted by Crippen LogP contribution is -2.29. The number of ether oxygens (including phenoxy) is 1. The Balaban J connectivity index is 1.75. The molecule has 0 radical (unpaired) electrons. The third-order valence-electron chi connectivity index (χ3n) is 5.58. The molecule has 0 fully saturated rings. The first-order valence-electron chi connectivity index (χ1n) is 10.4. The van der Waals surface area contributed by atoms with E-state index in [9.17, 15) is 9.59 Å². The number of aryl methyl sites for hydroxylation is 2. The molecule has 0 N–H and O–H groups in total. The Bertz CT molecular complexity index is 1390. The number of amides is 1. The Morgan fingerprint density at radius 2 is 1.91 bits per heavy atom. The number of hydrogen-bond acceptors (Lipinski definition) is 7. The minimum absolute atomic E-state index is 0.0550. The largest absolute Gasteiger partial charge is 0.497 e. The minimum atomic E-state index is -0.660. The first kappa shape index (κ1) is 20.4. The van der Waals surface area contributed by atoms with Crippen molar-refractivity contribution in [3.8, 4) is 5.75 Å². The van der Waals surface area contributed by atoms with Gasteiger partial charge >= 0.3 is 0 Å². The van der Waals surface area contributed by atoms with Crippen LogP contribution in [0.25, 0.3) is 11.0 Å². The van der Waals surface area contributed by atoms with Crippen molar-refractivity contribution in [1.82, 2.24) is 10.2 Å². The zero-order chi connectivity index (χ0) is 22.4. The van der Waals surface area contributed by atoms with Crippen LogP contribution in [0, 0.1) is 6.92 Å². The highest BCUT2D eigenvalue weighted by Crippen LogP contribution is 2.42. The van der Waals surface area contributed by atoms with Crippen LogP contribution in [0.15, 0.2) is 51.7 Å². The molecule has 3 heterocycles. The van der Waals surface area contributed by atoms with E-state index in [0.29, 0.717) is 27.4 Å². The number of carbonyl (C=O) groups is 1. The number of hydrogen-bond donors (Lipinski definition) is 0. The maximum absolute atomic E-state index is 13.6. The molecule has 1 atom stereocenters. The summed E-state index contributed by atoms with van der Waals surface area (Å²) in [6.45, 7) is 3.98. The molecule has 2 aromatic heterocycles. The highest BCUT2D eigenvalue weighted by molar-refractivity contribution is 7.15. The van der Waals surface area contributed by atoms with Crippen LogP contribution in [-0.4, -0.2) is 23.2 Å². The predicted molar refractivity (Wildman–Crippen MR) is 123 cm³/mol. The van der Waals surface area contributed by atoms with Gasteiger partial charge in [0.15, 0.2) is 5.43 Å². The van der Waals surface area contributed by atoms with Crippen LogP contribution in [0.2, 0.25) is 0 Å². The molecule has 0 bridgehead atoms. The van der Waals surface area contributed by atoms with Gasteiger partial charge in [-0.1, -0.05) is 42.0 Å². The van der Waals surface area contributed by atoms with Crippen LogP contribution in [0.1, 0.15) is 51.6 Å². The van der Waals surface area contributed by atoms with Gasteiger partial charge in [-0.15, -0.1) is 10.2 Å². The fourth-order valence-electron chi connectivity index (χ4n) is 4.04. The summed E-state index contributed by atoms with van der Waals surface area (Å²) in [5.41, 5.74) is 2.22. The predicted octanol–water partition coefficient (Wildman–Crippen LogP) is 4.66. The SMILES string of the molecule is CCCc1nnc(N2C(=O)c3oc4ccc(C)cc4c(=O)c3C2c2ccc(OC)cc2)s1. The molecule has 0 aliphatic carbocycles. The molecule has 7 nitrogen and oxygen atoms in total. The Morgan fingerprint density at radius 1 is 1.12 bits per heavy atom. The van der Waals surface area contributed by atoms with E-state index >= 15 is 0 Å². The van der Waals surface area contributed by atoms with Gasteiger partial charge in [0, 0.05) is 6.42 Å². The molecule has 8 heteroatoms. The lowest BCUT2D eigenvalue weighted by Gasteiger charge is -2.22. The molecule has 5 rings (SSSR count). The fraction of sp³-hybridized carbons (Fsp3) is 0.250. The van der Waals surface area contributed by atoms with Crippen LogP contribution < -0.4 is 15.1 Å². The number of methoxy groups -OCH3 is 1. The number of aromatic nitrogens is 2. The lowest BCUT2D eigenvalue weighted by molar-refractivity contribution is 0.0970. The van der Waals surface area contributed by atoms with Crippen molar-refractivity contribution in [2.24, 2.45) is 0 Å². The van der Waals surface area contributed by atoms with E-state index in [0.717, 1.165) is 29.0 Å². The number of benzene rings is 2. The van der Waals surface area contributed by atoms with Gasteiger partial charge in [-0.25, -0.2) is 0 Å². The van der Waals surface area contributed by atoms with Crippen LogP contribution in [0.5, 0.6) is 5.75 Å². The molecule has 0 saturated carbocycles. The minimum Gasteiger partial charge on any atom is -0.497 e. The molecule has 162 valence electrons. The van der Waals surface area contributed by atoms with Gasteiger partial charge in [0.1, 0.15) is 16.3 Å². The van der Waals surface area contributed by atoms with Crippen LogP contribution in [0.3, 0.4) is 0 Å². The van der Waals surface area contributed by atoms with E-state index in [4.69, 9.17) is 9.15 Å². The average molecular weight is 448 g/mol. The Labute approximate surface area is 188 Å². The van der Waals surface area contributed by atoms with Gasteiger partial charge in [-0.3, -0.25) is 14.5 Å². The van der Waals surface area contributed by atoms with Gasteiger partial charge in [-0.05, 0) is 43.2 Å². The van der Waals surface area contributed by atoms with Crippen molar-refractivity contribution in [1.29, 1.82) is 0 Å². The topological polar surface area (TPSA) is 85.5 Å². The summed E-state index contributed by atoms with van der Waals surface area (Å²) in [6, 6.07) is 12.1. The summed E-state index contributed by atoms with van der Waals surface area (Å²) >= 11 is 1.36. The first-order chi connectivity index (χ1) is 15.5. The van der Waals surface area contributed by atoms with Crippen LogP contribution >= 0.6 is 11.3 Å². The van der Waals surface area contributed by atoms with E-state index in [1.807, 2.05) is 37.3 Å². The summed E-state index contributed by atoms with van der Waals surface area (Å²) in [7, 11) is 1.59. The van der Waals surface area contributed by atoms with E-state index in [2.05, 4.69) is 17.1 Å². The molecule has 2 aromatic carbocycles. The fourth-order valence-corrected chi connectivity index (χ4v) is 5.01. The summed E-state index contributed by atoms with van der Waals surface area (Å²) < 4.78 is 11.3. The summed E-state index contributed by atoms with van der Waals surface area (Å²) in [4.78, 5) is 28.7. The van der Waals surface area contributed by atoms with Crippen molar-refractivity contribution in [2.45, 2.75) is 32.7 Å². The van der Waals surface area contributed by atoms with Crippen LogP contribution in [0.4, 0.5) is 5.13 Å². The monoisotopic (exact) mass is 447 g/mol. The van der Waals surface area contributed by atoms with E-state index in [-0.39, 0.29) is 17.1 Å². The molecule has 1 amide bonds. The van der Waals surface area contributed by atoms with Crippen molar-refractivity contribution in [3.63, 3.8) is 0 Å². The molecular weight excluding hydrogens is 426 g/mol. The second kappa shape index (κ2) is 7.87. The number of carbonyl (C=O) groups excluding carboxylic acids is 1. The summed E-state index contributed by atoms with van der Waals surface area (Å²) in [6.07, 6.45) is 1.70. The average Bonchev–Trinajstić information content (AvgIpc) is 3.37. The number of anilines is 1. The molecular formula is C24H21N3O4S. The number of fused-ring (bicyclic) bond motifs is 2. The van der Waals surface area contributed by atoms with Gasteiger partial charge in [0.25, 0.3) is 5.91 Å². The Kier molecular flexibility index (Phi) is 5.01. The van der Waals surface area contributed by atoms with E-state index < -0.39 is 6.04 Å². The second-order valence-corrected chi connectivity index (χ2v) is 8.79. The third kappa shape index (κ3) is 3.18. The van der Waals surface area contributed by atoms with Gasteiger partial charge in [0.05, 0.1) is 24.1 Å². The highest BCUT2D eigenvalue weighted by atomic mass is 32.1. The lowest BCUT2D eigenvalue weighted by atomic mass is 9.98. The quantitative estimate of drug-likeness (QED) is 0.442. The van der Waals surface area contributed by atoms with Gasteiger partial charge in [0.2, 0.25) is 10.9 Å². The molecule has 0 spiro atoms. The molecule has 0 saturated heterocycles. The molecule has 4 aromatic rings. The van der Waals surface area contributed by atoms with Crippen molar-refractivity contribution < 1.29 is 13.9 Å². The van der Waals surface area contributed by atoms with Crippen molar-refractivity contribution in [2.75, 3.05) is 12.0 Å². The maximum Gasteiger partial charge on any atom is 0.297 e. The smallest absolute Gasteiger partial charge is 0.297 e. The zero-order valence-electron chi connectivity index (χ0n) is 17.9. The molecule has 1 aliphatic heterocycles. The number of rotatable bonds is 5. The number of nitrogens with zero attached hydrogens (tertiary/aromatic N) is 3. The summed E-state index contributed by atoms with van der Waals surface area (Å²) in [5.74, 6) is 0.353. The van der Waals surface area contributed by atoms with E-state index in [1.165, 1.54) is 16.2 Å². The highest BCUT2D eigenvalue weighted by Gasteiger charge is 2.45. The van der Waals surface area contributed by atoms with Crippen molar-refractivity contribution in [3.05, 3.63) is 80.1 Å². The second-order valence-electron chi connectivity index (χ2n) is 7.75.